The second-order valence-corrected chi connectivity index (χ2v) is 5.85. The van der Waals surface area contributed by atoms with Gasteiger partial charge in [-0.25, -0.2) is 0 Å². The molecule has 0 saturated carbocycles. The van der Waals surface area contributed by atoms with Gasteiger partial charge in [0.2, 0.25) is 0 Å². The lowest BCUT2D eigenvalue weighted by Crippen LogP contribution is -2.22. The van der Waals surface area contributed by atoms with Crippen LogP contribution in [0.1, 0.15) is 16.5 Å². The van der Waals surface area contributed by atoms with Crippen LogP contribution in [0.15, 0.2) is 40.2 Å². The summed E-state index contributed by atoms with van der Waals surface area (Å²) in [5.41, 5.74) is 1.17. The fourth-order valence-electron chi connectivity index (χ4n) is 2.07. The Morgan fingerprint density at radius 2 is 2.18 bits per heavy atom. The predicted molar refractivity (Wildman–Crippen MR) is 71.5 cm³/mol. The largest absolute Gasteiger partial charge is 0.487 e. The van der Waals surface area contributed by atoms with Crippen molar-refractivity contribution in [1.82, 2.24) is 0 Å². The van der Waals surface area contributed by atoms with E-state index in [1.54, 1.807) is 11.3 Å². The van der Waals surface area contributed by atoms with Gasteiger partial charge in [0.1, 0.15) is 18.0 Å². The molecule has 4 heteroatoms. The number of thiophene rings is 1. The van der Waals surface area contributed by atoms with E-state index in [9.17, 15) is 5.11 Å². The minimum Gasteiger partial charge on any atom is -0.487 e. The first-order valence-electron chi connectivity index (χ1n) is 5.41. The molecule has 0 fully saturated rings. The Morgan fingerprint density at radius 1 is 1.35 bits per heavy atom. The molecule has 0 saturated heterocycles. The number of para-hydroxylation sites is 1. The van der Waals surface area contributed by atoms with Gasteiger partial charge < -0.3 is 9.84 Å². The molecule has 0 radical (unpaired) electrons. The standard InChI is InChI=1S/C13H11BrO2S/c14-9-5-6-17-13(9)12(15)11-7-8-3-1-2-4-10(8)16-11/h1-6,11-12,15H,7H2. The highest BCUT2D eigenvalue weighted by Crippen LogP contribution is 2.37. The van der Waals surface area contributed by atoms with Crippen LogP contribution in [0.4, 0.5) is 0 Å². The van der Waals surface area contributed by atoms with E-state index in [1.807, 2.05) is 35.7 Å². The van der Waals surface area contributed by atoms with Crippen molar-refractivity contribution < 1.29 is 9.84 Å². The molecule has 0 spiro atoms. The van der Waals surface area contributed by atoms with Gasteiger partial charge in [0.05, 0.1) is 4.88 Å². The summed E-state index contributed by atoms with van der Waals surface area (Å²) < 4.78 is 6.74. The molecule has 3 rings (SSSR count). The maximum Gasteiger partial charge on any atom is 0.134 e. The maximum absolute atomic E-state index is 10.3. The summed E-state index contributed by atoms with van der Waals surface area (Å²) in [5.74, 6) is 0.893. The second kappa shape index (κ2) is 4.44. The molecule has 2 heterocycles. The van der Waals surface area contributed by atoms with Crippen LogP contribution >= 0.6 is 27.3 Å². The van der Waals surface area contributed by atoms with Gasteiger partial charge in [0.25, 0.3) is 0 Å². The molecule has 2 unspecified atom stereocenters. The smallest absolute Gasteiger partial charge is 0.134 e. The van der Waals surface area contributed by atoms with Crippen LogP contribution in [0.2, 0.25) is 0 Å². The molecule has 2 nitrogen and oxygen atoms in total. The van der Waals surface area contributed by atoms with Crippen LogP contribution in [0.25, 0.3) is 0 Å². The zero-order valence-electron chi connectivity index (χ0n) is 8.97. The van der Waals surface area contributed by atoms with Gasteiger partial charge in [-0.2, -0.15) is 0 Å². The molecule has 1 N–H and O–H groups in total. The van der Waals surface area contributed by atoms with Crippen molar-refractivity contribution in [3.8, 4) is 5.75 Å². The number of aliphatic hydroxyl groups is 1. The summed E-state index contributed by atoms with van der Waals surface area (Å²) in [4.78, 5) is 0.933. The van der Waals surface area contributed by atoms with E-state index in [2.05, 4.69) is 15.9 Å². The van der Waals surface area contributed by atoms with E-state index in [0.29, 0.717) is 0 Å². The van der Waals surface area contributed by atoms with Crippen LogP contribution in [0, 0.1) is 0 Å². The molecule has 2 aromatic rings. The summed E-state index contributed by atoms with van der Waals surface area (Å²) in [5, 5.41) is 12.3. The SMILES string of the molecule is OC(c1sccc1Br)C1Cc2ccccc2O1. The summed E-state index contributed by atoms with van der Waals surface area (Å²) in [6.45, 7) is 0. The van der Waals surface area contributed by atoms with E-state index < -0.39 is 6.10 Å². The van der Waals surface area contributed by atoms with E-state index in [0.717, 1.165) is 21.5 Å². The molecule has 1 aliphatic rings. The lowest BCUT2D eigenvalue weighted by Gasteiger charge is -2.17. The fourth-order valence-corrected chi connectivity index (χ4v) is 3.71. The monoisotopic (exact) mass is 310 g/mol. The van der Waals surface area contributed by atoms with Gasteiger partial charge in [-0.15, -0.1) is 11.3 Å². The molecular weight excluding hydrogens is 300 g/mol. The van der Waals surface area contributed by atoms with Crippen molar-refractivity contribution in [3.05, 3.63) is 50.6 Å². The highest BCUT2D eigenvalue weighted by atomic mass is 79.9. The highest BCUT2D eigenvalue weighted by Gasteiger charge is 2.31. The van der Waals surface area contributed by atoms with Crippen molar-refractivity contribution in [2.45, 2.75) is 18.6 Å². The van der Waals surface area contributed by atoms with Gasteiger partial charge in [-0.05, 0) is 39.0 Å². The van der Waals surface area contributed by atoms with Crippen molar-refractivity contribution in [2.24, 2.45) is 0 Å². The number of ether oxygens (including phenoxy) is 1. The molecule has 1 aromatic carbocycles. The lowest BCUT2D eigenvalue weighted by atomic mass is 10.1. The first kappa shape index (κ1) is 11.3. The van der Waals surface area contributed by atoms with Crippen molar-refractivity contribution in [1.29, 1.82) is 0 Å². The first-order chi connectivity index (χ1) is 8.25. The Morgan fingerprint density at radius 3 is 2.88 bits per heavy atom. The van der Waals surface area contributed by atoms with E-state index in [-0.39, 0.29) is 6.10 Å². The Hall–Kier alpha value is -0.840. The summed E-state index contributed by atoms with van der Waals surface area (Å²) in [6.07, 6.45) is 0.0147. The first-order valence-corrected chi connectivity index (χ1v) is 7.08. The number of aliphatic hydroxyl groups excluding tert-OH is 1. The highest BCUT2D eigenvalue weighted by molar-refractivity contribution is 9.10. The average Bonchev–Trinajstić information content (AvgIpc) is 2.93. The maximum atomic E-state index is 10.3. The normalized spacial score (nSPS) is 19.8. The van der Waals surface area contributed by atoms with Crippen molar-refractivity contribution >= 4 is 27.3 Å². The summed E-state index contributed by atoms with van der Waals surface area (Å²) in [6, 6.07) is 9.90. The van der Waals surface area contributed by atoms with E-state index in [1.165, 1.54) is 5.56 Å². The van der Waals surface area contributed by atoms with Gasteiger partial charge in [-0.3, -0.25) is 0 Å². The average molecular weight is 311 g/mol. The Labute approximate surface area is 112 Å². The third-order valence-electron chi connectivity index (χ3n) is 2.94. The van der Waals surface area contributed by atoms with Crippen LogP contribution in [-0.4, -0.2) is 11.2 Å². The Bertz CT molecular complexity index is 513. The molecular formula is C13H11BrO2S. The van der Waals surface area contributed by atoms with Gasteiger partial charge in [0, 0.05) is 10.9 Å². The van der Waals surface area contributed by atoms with Crippen molar-refractivity contribution in [3.63, 3.8) is 0 Å². The number of halogens is 1. The molecule has 88 valence electrons. The lowest BCUT2D eigenvalue weighted by molar-refractivity contribution is 0.0512. The van der Waals surface area contributed by atoms with E-state index >= 15 is 0 Å². The quantitative estimate of drug-likeness (QED) is 0.919. The topological polar surface area (TPSA) is 29.5 Å². The summed E-state index contributed by atoms with van der Waals surface area (Å²) in [7, 11) is 0. The van der Waals surface area contributed by atoms with Crippen LogP contribution in [0.5, 0.6) is 5.75 Å². The van der Waals surface area contributed by atoms with E-state index in [4.69, 9.17) is 4.74 Å². The number of hydrogen-bond donors (Lipinski definition) is 1. The molecule has 1 aliphatic heterocycles. The fraction of sp³-hybridized carbons (Fsp3) is 0.231. The van der Waals surface area contributed by atoms with Gasteiger partial charge >= 0.3 is 0 Å². The third-order valence-corrected chi connectivity index (χ3v) is 4.88. The number of rotatable bonds is 2. The molecule has 1 aromatic heterocycles. The number of benzene rings is 1. The molecule has 2 atom stereocenters. The van der Waals surface area contributed by atoms with Crippen LogP contribution in [-0.2, 0) is 6.42 Å². The number of fused-ring (bicyclic) bond motifs is 1. The Balaban J connectivity index is 1.83. The van der Waals surface area contributed by atoms with Gasteiger partial charge in [-0.1, -0.05) is 18.2 Å². The van der Waals surface area contributed by atoms with Crippen LogP contribution in [0.3, 0.4) is 0 Å². The third kappa shape index (κ3) is 2.01. The molecule has 17 heavy (non-hydrogen) atoms. The van der Waals surface area contributed by atoms with Gasteiger partial charge in [0.15, 0.2) is 0 Å². The predicted octanol–water partition coefficient (Wildman–Crippen LogP) is 3.55. The molecule has 0 aliphatic carbocycles. The second-order valence-electron chi connectivity index (χ2n) is 4.05. The Kier molecular flexibility index (Phi) is 2.94. The van der Waals surface area contributed by atoms with Crippen molar-refractivity contribution in [2.75, 3.05) is 0 Å². The minimum absolute atomic E-state index is 0.178. The molecule has 0 bridgehead atoms. The minimum atomic E-state index is -0.572. The molecule has 0 amide bonds. The number of hydrogen-bond acceptors (Lipinski definition) is 3. The summed E-state index contributed by atoms with van der Waals surface area (Å²) >= 11 is 4.99. The van der Waals surface area contributed by atoms with Crippen LogP contribution < -0.4 is 4.74 Å². The zero-order chi connectivity index (χ0) is 11.8. The zero-order valence-corrected chi connectivity index (χ0v) is 11.4.